The van der Waals surface area contributed by atoms with Gasteiger partial charge in [0, 0.05) is 22.0 Å². The van der Waals surface area contributed by atoms with Crippen LogP contribution in [0.1, 0.15) is 48.5 Å². The number of benzene rings is 1. The van der Waals surface area contributed by atoms with Gasteiger partial charge in [-0.15, -0.1) is 11.3 Å². The fraction of sp³-hybridized carbons (Fsp3) is 0.455. The summed E-state index contributed by atoms with van der Waals surface area (Å²) in [6.45, 7) is 8.14. The average molecular weight is 433 g/mol. The number of hydrogen-bond donors (Lipinski definition) is 2. The van der Waals surface area contributed by atoms with Crippen molar-refractivity contribution in [2.45, 2.75) is 45.2 Å². The fourth-order valence-corrected chi connectivity index (χ4v) is 5.22. The van der Waals surface area contributed by atoms with Crippen LogP contribution in [0.25, 0.3) is 0 Å². The summed E-state index contributed by atoms with van der Waals surface area (Å²) in [7, 11) is 2.91. The van der Waals surface area contributed by atoms with Crippen LogP contribution in [0, 0.1) is 0 Å². The van der Waals surface area contributed by atoms with Crippen molar-refractivity contribution < 1.29 is 23.8 Å². The van der Waals surface area contributed by atoms with Crippen LogP contribution in [0.3, 0.4) is 0 Å². The quantitative estimate of drug-likeness (QED) is 0.677. The number of anilines is 1. The molecule has 0 saturated heterocycles. The SMILES string of the molecule is COC(=O)c1c(NC(=O)COc2cccc(OC)c2)sc2c1CC(C)(C)NC2(C)C. The molecule has 1 aliphatic heterocycles. The minimum absolute atomic E-state index is 0.191. The highest BCUT2D eigenvalue weighted by molar-refractivity contribution is 7.17. The van der Waals surface area contributed by atoms with Crippen LogP contribution in [0.5, 0.6) is 11.5 Å². The highest BCUT2D eigenvalue weighted by atomic mass is 32.1. The van der Waals surface area contributed by atoms with Gasteiger partial charge in [0.15, 0.2) is 6.61 Å². The highest BCUT2D eigenvalue weighted by Gasteiger charge is 2.42. The van der Waals surface area contributed by atoms with Gasteiger partial charge in [-0.05, 0) is 51.8 Å². The number of ether oxygens (including phenoxy) is 3. The lowest BCUT2D eigenvalue weighted by Gasteiger charge is -2.42. The second-order valence-corrected chi connectivity index (χ2v) is 9.45. The maximum Gasteiger partial charge on any atom is 0.341 e. The van der Waals surface area contributed by atoms with E-state index in [-0.39, 0.29) is 23.6 Å². The predicted octanol–water partition coefficient (Wildman–Crippen LogP) is 3.72. The predicted molar refractivity (Wildman–Crippen MR) is 117 cm³/mol. The molecule has 162 valence electrons. The first kappa shape index (κ1) is 22.1. The molecule has 0 atom stereocenters. The van der Waals surface area contributed by atoms with E-state index in [1.807, 2.05) is 0 Å². The van der Waals surface area contributed by atoms with E-state index in [0.717, 1.165) is 10.4 Å². The first-order valence-corrected chi connectivity index (χ1v) is 10.5. The van der Waals surface area contributed by atoms with Crippen molar-refractivity contribution in [2.75, 3.05) is 26.1 Å². The number of thiophene rings is 1. The van der Waals surface area contributed by atoms with Gasteiger partial charge >= 0.3 is 5.97 Å². The molecule has 2 aromatic rings. The molecule has 1 amide bonds. The second kappa shape index (κ2) is 8.28. The van der Waals surface area contributed by atoms with Gasteiger partial charge in [0.05, 0.1) is 19.8 Å². The molecule has 30 heavy (non-hydrogen) atoms. The monoisotopic (exact) mass is 432 g/mol. The van der Waals surface area contributed by atoms with Gasteiger partial charge in [0.25, 0.3) is 5.91 Å². The summed E-state index contributed by atoms with van der Waals surface area (Å²) in [5.41, 5.74) is 0.807. The van der Waals surface area contributed by atoms with E-state index in [0.29, 0.717) is 28.5 Å². The Kier molecular flexibility index (Phi) is 6.10. The van der Waals surface area contributed by atoms with Crippen LogP contribution in [0.15, 0.2) is 24.3 Å². The second-order valence-electron chi connectivity index (χ2n) is 8.43. The topological polar surface area (TPSA) is 85.9 Å². The maximum atomic E-state index is 12.6. The third-order valence-electron chi connectivity index (χ3n) is 4.90. The molecule has 0 bridgehead atoms. The smallest absolute Gasteiger partial charge is 0.341 e. The Morgan fingerprint density at radius 1 is 1.17 bits per heavy atom. The van der Waals surface area contributed by atoms with E-state index in [2.05, 4.69) is 38.3 Å². The first-order valence-electron chi connectivity index (χ1n) is 9.67. The number of hydrogen-bond acceptors (Lipinski definition) is 7. The van der Waals surface area contributed by atoms with Crippen molar-refractivity contribution in [3.8, 4) is 11.5 Å². The normalized spacial score (nSPS) is 16.3. The lowest BCUT2D eigenvalue weighted by molar-refractivity contribution is -0.118. The van der Waals surface area contributed by atoms with E-state index in [9.17, 15) is 9.59 Å². The fourth-order valence-electron chi connectivity index (χ4n) is 3.94. The zero-order valence-corrected chi connectivity index (χ0v) is 19.0. The van der Waals surface area contributed by atoms with Crippen LogP contribution >= 0.6 is 11.3 Å². The molecule has 0 fully saturated rings. The van der Waals surface area contributed by atoms with Crippen molar-refractivity contribution in [3.05, 3.63) is 40.3 Å². The van der Waals surface area contributed by atoms with Crippen LogP contribution in [-0.2, 0) is 21.5 Å². The zero-order valence-electron chi connectivity index (χ0n) is 18.2. The molecular formula is C22H28N2O5S. The van der Waals surface area contributed by atoms with Crippen LogP contribution in [-0.4, -0.2) is 38.2 Å². The van der Waals surface area contributed by atoms with Gasteiger partial charge in [-0.1, -0.05) is 6.07 Å². The zero-order chi connectivity index (χ0) is 22.1. The van der Waals surface area contributed by atoms with Gasteiger partial charge in [0.1, 0.15) is 16.5 Å². The minimum Gasteiger partial charge on any atom is -0.497 e. The Morgan fingerprint density at radius 3 is 2.53 bits per heavy atom. The summed E-state index contributed by atoms with van der Waals surface area (Å²) in [6.07, 6.45) is 0.656. The number of carbonyl (C=O) groups is 2. The Balaban J connectivity index is 1.84. The standard InChI is InChI=1S/C22H28N2O5S/c1-21(2)11-15-17(20(26)28-6)19(30-18(15)22(3,4)24-21)23-16(25)12-29-14-9-7-8-13(10-14)27-5/h7-10,24H,11-12H2,1-6H3,(H,23,25). The summed E-state index contributed by atoms with van der Waals surface area (Å²) in [6, 6.07) is 7.03. The van der Waals surface area contributed by atoms with E-state index in [4.69, 9.17) is 14.2 Å². The van der Waals surface area contributed by atoms with Crippen LogP contribution < -0.4 is 20.1 Å². The Morgan fingerprint density at radius 2 is 1.87 bits per heavy atom. The number of rotatable bonds is 6. The Hall–Kier alpha value is -2.58. The molecule has 0 saturated carbocycles. The van der Waals surface area contributed by atoms with E-state index >= 15 is 0 Å². The largest absolute Gasteiger partial charge is 0.497 e. The number of nitrogens with one attached hydrogen (secondary N) is 2. The molecule has 0 radical (unpaired) electrons. The van der Waals surface area contributed by atoms with Crippen LogP contribution in [0.4, 0.5) is 5.00 Å². The number of amides is 1. The average Bonchev–Trinajstić information content (AvgIpc) is 3.02. The summed E-state index contributed by atoms with van der Waals surface area (Å²) in [5, 5.41) is 6.93. The minimum atomic E-state index is -0.454. The molecule has 0 unspecified atom stereocenters. The van der Waals surface area contributed by atoms with Gasteiger partial charge in [0.2, 0.25) is 0 Å². The summed E-state index contributed by atoms with van der Waals surface area (Å²) in [4.78, 5) is 26.2. The van der Waals surface area contributed by atoms with Gasteiger partial charge in [-0.2, -0.15) is 0 Å². The third kappa shape index (κ3) is 4.60. The Bertz CT molecular complexity index is 964. The molecule has 3 rings (SSSR count). The highest BCUT2D eigenvalue weighted by Crippen LogP contribution is 2.45. The van der Waals surface area contributed by atoms with Crippen molar-refractivity contribution >= 4 is 28.2 Å². The van der Waals surface area contributed by atoms with Crippen molar-refractivity contribution in [1.29, 1.82) is 0 Å². The van der Waals surface area contributed by atoms with E-state index < -0.39 is 5.97 Å². The summed E-state index contributed by atoms with van der Waals surface area (Å²) < 4.78 is 15.8. The summed E-state index contributed by atoms with van der Waals surface area (Å²) in [5.74, 6) is 0.357. The van der Waals surface area contributed by atoms with E-state index in [1.54, 1.807) is 31.4 Å². The Labute approximate surface area is 180 Å². The van der Waals surface area contributed by atoms with E-state index in [1.165, 1.54) is 18.4 Å². The van der Waals surface area contributed by atoms with Crippen LogP contribution in [0.2, 0.25) is 0 Å². The first-order chi connectivity index (χ1) is 14.1. The molecule has 7 nitrogen and oxygen atoms in total. The number of carbonyl (C=O) groups excluding carboxylic acids is 2. The van der Waals surface area contributed by atoms with Crippen molar-refractivity contribution in [2.24, 2.45) is 0 Å². The number of esters is 1. The van der Waals surface area contributed by atoms with Gasteiger partial charge in [-0.3, -0.25) is 4.79 Å². The third-order valence-corrected chi connectivity index (χ3v) is 6.37. The maximum absolute atomic E-state index is 12.6. The lowest BCUT2D eigenvalue weighted by atomic mass is 9.81. The molecule has 1 aromatic carbocycles. The van der Waals surface area contributed by atoms with Gasteiger partial charge < -0.3 is 24.8 Å². The van der Waals surface area contributed by atoms with Gasteiger partial charge in [-0.25, -0.2) is 4.79 Å². The molecule has 2 heterocycles. The molecule has 0 spiro atoms. The molecule has 1 aliphatic rings. The molecule has 8 heteroatoms. The molecule has 2 N–H and O–H groups in total. The molecule has 0 aliphatic carbocycles. The lowest BCUT2D eigenvalue weighted by Crippen LogP contribution is -2.55. The summed E-state index contributed by atoms with van der Waals surface area (Å²) >= 11 is 1.40. The molecule has 1 aromatic heterocycles. The molecular weight excluding hydrogens is 404 g/mol. The number of methoxy groups -OCH3 is 2. The number of fused-ring (bicyclic) bond motifs is 1. The van der Waals surface area contributed by atoms with Crippen molar-refractivity contribution in [3.63, 3.8) is 0 Å². The van der Waals surface area contributed by atoms with Crippen molar-refractivity contribution in [1.82, 2.24) is 5.32 Å².